The lowest BCUT2D eigenvalue weighted by atomic mass is 9.95. The zero-order valence-electron chi connectivity index (χ0n) is 14.9. The normalized spacial score (nSPS) is 18.7. The molecule has 0 unspecified atom stereocenters. The SMILES string of the molecule is Cc1c2c(nc3c1CN(C(=O)CC1CN(c4cccnc4)C1)C3)COC2. The van der Waals surface area contributed by atoms with E-state index in [0.29, 0.717) is 38.6 Å². The third-order valence-corrected chi connectivity index (χ3v) is 5.83. The summed E-state index contributed by atoms with van der Waals surface area (Å²) in [6.07, 6.45) is 4.28. The molecule has 0 N–H and O–H groups in total. The summed E-state index contributed by atoms with van der Waals surface area (Å²) in [5.41, 5.74) is 6.98. The van der Waals surface area contributed by atoms with E-state index in [1.165, 1.54) is 16.7 Å². The Bertz CT molecular complexity index is 862. The average molecular weight is 350 g/mol. The zero-order valence-corrected chi connectivity index (χ0v) is 14.9. The maximum Gasteiger partial charge on any atom is 0.223 e. The third-order valence-electron chi connectivity index (χ3n) is 5.83. The number of rotatable bonds is 3. The molecule has 5 rings (SSSR count). The van der Waals surface area contributed by atoms with Crippen LogP contribution in [0.15, 0.2) is 24.5 Å². The Labute approximate surface area is 152 Å². The molecule has 0 spiro atoms. The van der Waals surface area contributed by atoms with Crippen LogP contribution >= 0.6 is 0 Å². The van der Waals surface area contributed by atoms with Crippen LogP contribution in [-0.4, -0.2) is 33.9 Å². The van der Waals surface area contributed by atoms with Crippen LogP contribution in [0.3, 0.4) is 0 Å². The predicted molar refractivity (Wildman–Crippen MR) is 96.3 cm³/mol. The Morgan fingerprint density at radius 1 is 1.23 bits per heavy atom. The molecule has 26 heavy (non-hydrogen) atoms. The van der Waals surface area contributed by atoms with Crippen LogP contribution in [-0.2, 0) is 35.8 Å². The molecular formula is C20H22N4O2. The number of amides is 1. The van der Waals surface area contributed by atoms with Gasteiger partial charge in [0, 0.05) is 43.7 Å². The highest BCUT2D eigenvalue weighted by atomic mass is 16.5. The van der Waals surface area contributed by atoms with Crippen molar-refractivity contribution in [3.8, 4) is 0 Å². The lowest BCUT2D eigenvalue weighted by Gasteiger charge is -2.41. The van der Waals surface area contributed by atoms with Crippen LogP contribution < -0.4 is 4.90 Å². The summed E-state index contributed by atoms with van der Waals surface area (Å²) in [4.78, 5) is 25.9. The Hall–Kier alpha value is -2.47. The molecule has 2 aromatic heterocycles. The minimum Gasteiger partial charge on any atom is -0.370 e. The Balaban J connectivity index is 1.21. The maximum absolute atomic E-state index is 12.8. The predicted octanol–water partition coefficient (Wildman–Crippen LogP) is 2.18. The van der Waals surface area contributed by atoms with Gasteiger partial charge in [0.15, 0.2) is 0 Å². The number of aromatic nitrogens is 2. The van der Waals surface area contributed by atoms with E-state index in [0.717, 1.165) is 30.2 Å². The van der Waals surface area contributed by atoms with Crippen LogP contribution in [0.1, 0.15) is 34.5 Å². The second-order valence-electron chi connectivity index (χ2n) is 7.52. The number of carbonyl (C=O) groups excluding carboxylic acids is 1. The van der Waals surface area contributed by atoms with Crippen LogP contribution in [0.5, 0.6) is 0 Å². The highest BCUT2D eigenvalue weighted by molar-refractivity contribution is 5.77. The van der Waals surface area contributed by atoms with Crippen molar-refractivity contribution in [1.29, 1.82) is 0 Å². The first-order valence-electron chi connectivity index (χ1n) is 9.19. The van der Waals surface area contributed by atoms with Gasteiger partial charge in [-0.05, 0) is 30.2 Å². The molecule has 134 valence electrons. The molecule has 0 bridgehead atoms. The molecule has 5 heterocycles. The minimum atomic E-state index is 0.245. The Morgan fingerprint density at radius 2 is 2.12 bits per heavy atom. The van der Waals surface area contributed by atoms with Gasteiger partial charge in [0.2, 0.25) is 5.91 Å². The van der Waals surface area contributed by atoms with Crippen molar-refractivity contribution in [2.75, 3.05) is 18.0 Å². The molecule has 3 aliphatic rings. The molecule has 6 nitrogen and oxygen atoms in total. The highest BCUT2D eigenvalue weighted by Gasteiger charge is 2.34. The van der Waals surface area contributed by atoms with E-state index in [1.807, 2.05) is 17.2 Å². The Morgan fingerprint density at radius 3 is 2.92 bits per heavy atom. The third kappa shape index (κ3) is 2.56. The number of ether oxygens (including phenoxy) is 1. The summed E-state index contributed by atoms with van der Waals surface area (Å²) < 4.78 is 5.52. The van der Waals surface area contributed by atoms with Gasteiger partial charge in [-0.25, -0.2) is 0 Å². The molecule has 2 aromatic rings. The van der Waals surface area contributed by atoms with Crippen LogP contribution in [0, 0.1) is 12.8 Å². The smallest absolute Gasteiger partial charge is 0.223 e. The molecule has 0 atom stereocenters. The molecular weight excluding hydrogens is 328 g/mol. The summed E-state index contributed by atoms with van der Waals surface area (Å²) >= 11 is 0. The fourth-order valence-electron chi connectivity index (χ4n) is 4.24. The maximum atomic E-state index is 12.8. The molecule has 0 aromatic carbocycles. The van der Waals surface area contributed by atoms with Gasteiger partial charge >= 0.3 is 0 Å². The van der Waals surface area contributed by atoms with Crippen LogP contribution in [0.25, 0.3) is 0 Å². The number of anilines is 1. The van der Waals surface area contributed by atoms with Gasteiger partial charge in [-0.15, -0.1) is 0 Å². The van der Waals surface area contributed by atoms with Crippen molar-refractivity contribution in [3.05, 3.63) is 52.6 Å². The van der Waals surface area contributed by atoms with Crippen molar-refractivity contribution >= 4 is 11.6 Å². The molecule has 0 aliphatic carbocycles. The van der Waals surface area contributed by atoms with Crippen molar-refractivity contribution in [2.24, 2.45) is 5.92 Å². The van der Waals surface area contributed by atoms with Gasteiger partial charge < -0.3 is 14.5 Å². The van der Waals surface area contributed by atoms with Crippen molar-refractivity contribution in [3.63, 3.8) is 0 Å². The fraction of sp³-hybridized carbons (Fsp3) is 0.450. The quantitative estimate of drug-likeness (QED) is 0.849. The first-order valence-corrected chi connectivity index (χ1v) is 9.19. The van der Waals surface area contributed by atoms with E-state index in [2.05, 4.69) is 22.9 Å². The topological polar surface area (TPSA) is 58.6 Å². The average Bonchev–Trinajstić information content (AvgIpc) is 3.25. The molecule has 1 saturated heterocycles. The lowest BCUT2D eigenvalue weighted by molar-refractivity contribution is -0.133. The van der Waals surface area contributed by atoms with Gasteiger partial charge in [0.05, 0.1) is 43.0 Å². The molecule has 0 saturated carbocycles. The van der Waals surface area contributed by atoms with E-state index in [-0.39, 0.29) is 5.91 Å². The van der Waals surface area contributed by atoms with E-state index >= 15 is 0 Å². The van der Waals surface area contributed by atoms with Gasteiger partial charge in [-0.1, -0.05) is 0 Å². The second-order valence-corrected chi connectivity index (χ2v) is 7.52. The number of hydrogen-bond acceptors (Lipinski definition) is 5. The summed E-state index contributed by atoms with van der Waals surface area (Å²) in [5, 5.41) is 0. The minimum absolute atomic E-state index is 0.245. The summed E-state index contributed by atoms with van der Waals surface area (Å²) in [7, 11) is 0. The first kappa shape index (κ1) is 15.8. The number of fused-ring (bicyclic) bond motifs is 2. The summed E-state index contributed by atoms with van der Waals surface area (Å²) in [6, 6.07) is 4.02. The summed E-state index contributed by atoms with van der Waals surface area (Å²) in [6.45, 7) is 6.59. The van der Waals surface area contributed by atoms with E-state index in [4.69, 9.17) is 9.72 Å². The van der Waals surface area contributed by atoms with E-state index < -0.39 is 0 Å². The molecule has 6 heteroatoms. The fourth-order valence-corrected chi connectivity index (χ4v) is 4.24. The number of carbonyl (C=O) groups is 1. The molecule has 0 radical (unpaired) electrons. The van der Waals surface area contributed by atoms with E-state index in [1.54, 1.807) is 6.20 Å². The van der Waals surface area contributed by atoms with Gasteiger partial charge in [-0.2, -0.15) is 0 Å². The van der Waals surface area contributed by atoms with Crippen LogP contribution in [0.4, 0.5) is 5.69 Å². The zero-order chi connectivity index (χ0) is 17.7. The van der Waals surface area contributed by atoms with Gasteiger partial charge in [-0.3, -0.25) is 14.8 Å². The van der Waals surface area contributed by atoms with Gasteiger partial charge in [0.25, 0.3) is 0 Å². The molecule has 1 amide bonds. The van der Waals surface area contributed by atoms with E-state index in [9.17, 15) is 4.79 Å². The molecule has 3 aliphatic heterocycles. The van der Waals surface area contributed by atoms with Crippen molar-refractivity contribution in [2.45, 2.75) is 39.6 Å². The number of pyridine rings is 2. The van der Waals surface area contributed by atoms with Crippen molar-refractivity contribution < 1.29 is 9.53 Å². The number of nitrogens with zero attached hydrogens (tertiary/aromatic N) is 4. The highest BCUT2D eigenvalue weighted by Crippen LogP contribution is 2.33. The Kier molecular flexibility index (Phi) is 3.67. The second kappa shape index (κ2) is 6.06. The number of hydrogen-bond donors (Lipinski definition) is 0. The summed E-state index contributed by atoms with van der Waals surface area (Å²) in [5.74, 6) is 0.675. The van der Waals surface area contributed by atoms with Crippen LogP contribution in [0.2, 0.25) is 0 Å². The monoisotopic (exact) mass is 350 g/mol. The lowest BCUT2D eigenvalue weighted by Crippen LogP contribution is -2.48. The van der Waals surface area contributed by atoms with Crippen molar-refractivity contribution in [1.82, 2.24) is 14.9 Å². The largest absolute Gasteiger partial charge is 0.370 e. The first-order chi connectivity index (χ1) is 12.7. The van der Waals surface area contributed by atoms with Gasteiger partial charge in [0.1, 0.15) is 0 Å². The molecule has 1 fully saturated rings. The standard InChI is InChI=1S/C20H22N4O2/c1-13-16-9-24(10-18(16)22-19-12-26-11-17(13)19)20(25)5-14-7-23(8-14)15-3-2-4-21-6-15/h2-4,6,14H,5,7-12H2,1H3.